The zero-order valence-electron chi connectivity index (χ0n) is 11.2. The Morgan fingerprint density at radius 2 is 1.83 bits per heavy atom. The van der Waals surface area contributed by atoms with Gasteiger partial charge in [-0.2, -0.15) is 5.10 Å². The number of hydrazone groups is 1. The van der Waals surface area contributed by atoms with E-state index in [0.29, 0.717) is 0 Å². The van der Waals surface area contributed by atoms with Gasteiger partial charge in [0.05, 0.1) is 0 Å². The highest BCUT2D eigenvalue weighted by molar-refractivity contribution is 5.96. The molecular formula is C14H19FN2O. The van der Waals surface area contributed by atoms with Gasteiger partial charge in [0, 0.05) is 11.3 Å². The zero-order valence-corrected chi connectivity index (χ0v) is 11.2. The van der Waals surface area contributed by atoms with Gasteiger partial charge in [0.25, 0.3) is 5.91 Å². The third-order valence-corrected chi connectivity index (χ3v) is 2.56. The molecule has 0 atom stereocenters. The fraction of sp³-hybridized carbons (Fsp3) is 0.429. The van der Waals surface area contributed by atoms with E-state index in [1.807, 2.05) is 27.7 Å². The Balaban J connectivity index is 2.79. The first kappa shape index (κ1) is 14.4. The summed E-state index contributed by atoms with van der Waals surface area (Å²) in [6.45, 7) is 8.08. The van der Waals surface area contributed by atoms with Crippen molar-refractivity contribution in [2.45, 2.75) is 27.7 Å². The van der Waals surface area contributed by atoms with Gasteiger partial charge in [0.2, 0.25) is 0 Å². The molecule has 0 aliphatic rings. The van der Waals surface area contributed by atoms with Crippen molar-refractivity contribution in [3.8, 4) is 0 Å². The third kappa shape index (κ3) is 3.95. The van der Waals surface area contributed by atoms with Crippen molar-refractivity contribution < 1.29 is 9.18 Å². The molecule has 18 heavy (non-hydrogen) atoms. The average Bonchev–Trinajstić information content (AvgIpc) is 2.28. The number of carbonyl (C=O) groups is 1. The molecule has 98 valence electrons. The summed E-state index contributed by atoms with van der Waals surface area (Å²) in [6.07, 6.45) is 0. The van der Waals surface area contributed by atoms with Crippen molar-refractivity contribution in [1.82, 2.24) is 5.43 Å². The maximum atomic E-state index is 13.0. The number of nitrogens with one attached hydrogen (secondary N) is 1. The molecule has 0 aliphatic carbocycles. The second-order valence-corrected chi connectivity index (χ2v) is 4.80. The topological polar surface area (TPSA) is 41.5 Å². The Bertz CT molecular complexity index is 443. The Morgan fingerprint density at radius 1 is 1.22 bits per heavy atom. The van der Waals surface area contributed by atoms with Crippen LogP contribution in [0.3, 0.4) is 0 Å². The molecule has 0 radical (unpaired) electrons. The summed E-state index contributed by atoms with van der Waals surface area (Å²) in [4.78, 5) is 11.8. The van der Waals surface area contributed by atoms with Crippen LogP contribution in [0.2, 0.25) is 0 Å². The molecular weight excluding hydrogens is 231 g/mol. The van der Waals surface area contributed by atoms with Crippen molar-refractivity contribution in [2.75, 3.05) is 0 Å². The minimum absolute atomic E-state index is 0.262. The van der Waals surface area contributed by atoms with E-state index in [4.69, 9.17) is 0 Å². The van der Waals surface area contributed by atoms with Crippen molar-refractivity contribution in [3.05, 3.63) is 35.6 Å². The zero-order chi connectivity index (χ0) is 13.7. The highest BCUT2D eigenvalue weighted by Crippen LogP contribution is 2.08. The van der Waals surface area contributed by atoms with E-state index in [1.165, 1.54) is 18.2 Å². The number of halogens is 1. The van der Waals surface area contributed by atoms with E-state index in [-0.39, 0.29) is 17.4 Å². The molecule has 0 aromatic heterocycles. The van der Waals surface area contributed by atoms with E-state index in [9.17, 15) is 9.18 Å². The maximum absolute atomic E-state index is 13.0. The lowest BCUT2D eigenvalue weighted by molar-refractivity contribution is 0.0954. The molecule has 0 spiro atoms. The van der Waals surface area contributed by atoms with Crippen molar-refractivity contribution >= 4 is 11.6 Å². The van der Waals surface area contributed by atoms with Crippen LogP contribution in [0.4, 0.5) is 4.39 Å². The van der Waals surface area contributed by atoms with Crippen LogP contribution in [-0.4, -0.2) is 11.6 Å². The summed E-state index contributed by atoms with van der Waals surface area (Å²) in [7, 11) is 0. The third-order valence-electron chi connectivity index (χ3n) is 2.56. The Kier molecular flexibility index (Phi) is 5.01. The van der Waals surface area contributed by atoms with E-state index in [1.54, 1.807) is 6.07 Å². The molecule has 1 aromatic rings. The Labute approximate surface area is 107 Å². The van der Waals surface area contributed by atoms with Crippen molar-refractivity contribution in [1.29, 1.82) is 0 Å². The van der Waals surface area contributed by atoms with Gasteiger partial charge in [-0.15, -0.1) is 0 Å². The smallest absolute Gasteiger partial charge is 0.267 e. The lowest BCUT2D eigenvalue weighted by Crippen LogP contribution is -2.24. The van der Waals surface area contributed by atoms with Crippen molar-refractivity contribution in [2.24, 2.45) is 16.9 Å². The average molecular weight is 250 g/mol. The SMILES string of the molecule is CC(C)C(=NNC(=O)c1cccc(F)c1)C(C)C. The molecule has 3 nitrogen and oxygen atoms in total. The molecule has 0 unspecified atom stereocenters. The lowest BCUT2D eigenvalue weighted by Gasteiger charge is -2.13. The minimum Gasteiger partial charge on any atom is -0.267 e. The summed E-state index contributed by atoms with van der Waals surface area (Å²) < 4.78 is 13.0. The van der Waals surface area contributed by atoms with Gasteiger partial charge in [0.15, 0.2) is 0 Å². The number of benzene rings is 1. The molecule has 0 saturated carbocycles. The number of amides is 1. The highest BCUT2D eigenvalue weighted by atomic mass is 19.1. The van der Waals surface area contributed by atoms with Gasteiger partial charge in [-0.1, -0.05) is 33.8 Å². The maximum Gasteiger partial charge on any atom is 0.271 e. The van der Waals surface area contributed by atoms with Gasteiger partial charge in [0.1, 0.15) is 5.82 Å². The first-order valence-electron chi connectivity index (χ1n) is 6.05. The molecule has 0 saturated heterocycles. The molecule has 0 aliphatic heterocycles. The number of rotatable bonds is 4. The van der Waals surface area contributed by atoms with Crippen LogP contribution in [0, 0.1) is 17.7 Å². The first-order valence-corrected chi connectivity index (χ1v) is 6.05. The van der Waals surface area contributed by atoms with Crippen LogP contribution in [0.25, 0.3) is 0 Å². The molecule has 4 heteroatoms. The monoisotopic (exact) mass is 250 g/mol. The van der Waals surface area contributed by atoms with Crippen LogP contribution >= 0.6 is 0 Å². The van der Waals surface area contributed by atoms with Gasteiger partial charge < -0.3 is 0 Å². The summed E-state index contributed by atoms with van der Waals surface area (Å²) in [5, 5.41) is 4.12. The van der Waals surface area contributed by atoms with Gasteiger partial charge in [-0.05, 0) is 30.0 Å². The van der Waals surface area contributed by atoms with Crippen LogP contribution in [-0.2, 0) is 0 Å². The molecule has 1 rings (SSSR count). The quantitative estimate of drug-likeness (QED) is 0.647. The first-order chi connectivity index (χ1) is 8.41. The predicted octanol–water partition coefficient (Wildman–Crippen LogP) is 3.22. The second-order valence-electron chi connectivity index (χ2n) is 4.80. The predicted molar refractivity (Wildman–Crippen MR) is 71.0 cm³/mol. The molecule has 1 aromatic carbocycles. The molecule has 1 N–H and O–H groups in total. The fourth-order valence-electron chi connectivity index (χ4n) is 1.73. The van der Waals surface area contributed by atoms with E-state index < -0.39 is 11.7 Å². The second kappa shape index (κ2) is 6.28. The number of hydrogen-bond acceptors (Lipinski definition) is 2. The van der Waals surface area contributed by atoms with Crippen molar-refractivity contribution in [3.63, 3.8) is 0 Å². The standard InChI is InChI=1S/C14H19FN2O/c1-9(2)13(10(3)4)16-17-14(18)11-6-5-7-12(15)8-11/h5-10H,1-4H3,(H,17,18). The molecule has 1 amide bonds. The number of hydrogen-bond donors (Lipinski definition) is 1. The summed E-state index contributed by atoms with van der Waals surface area (Å²) in [6, 6.07) is 5.54. The fourth-order valence-corrected chi connectivity index (χ4v) is 1.73. The van der Waals surface area contributed by atoms with Crippen LogP contribution < -0.4 is 5.43 Å². The number of carbonyl (C=O) groups excluding carboxylic acids is 1. The molecule has 0 fully saturated rings. The van der Waals surface area contributed by atoms with E-state index in [2.05, 4.69) is 10.5 Å². The molecule has 0 heterocycles. The van der Waals surface area contributed by atoms with Crippen LogP contribution in [0.1, 0.15) is 38.1 Å². The summed E-state index contributed by atoms with van der Waals surface area (Å²) in [5.74, 6) is -0.302. The van der Waals surface area contributed by atoms with Gasteiger partial charge in [-0.3, -0.25) is 4.79 Å². The summed E-state index contributed by atoms with van der Waals surface area (Å²) in [5.41, 5.74) is 3.66. The Morgan fingerprint density at radius 3 is 2.33 bits per heavy atom. The minimum atomic E-state index is -0.431. The Hall–Kier alpha value is -1.71. The summed E-state index contributed by atoms with van der Waals surface area (Å²) >= 11 is 0. The number of nitrogens with zero attached hydrogens (tertiary/aromatic N) is 1. The van der Waals surface area contributed by atoms with Crippen LogP contribution in [0.15, 0.2) is 29.4 Å². The van der Waals surface area contributed by atoms with E-state index in [0.717, 1.165) is 5.71 Å². The van der Waals surface area contributed by atoms with Crippen LogP contribution in [0.5, 0.6) is 0 Å². The van der Waals surface area contributed by atoms with Gasteiger partial charge in [-0.25, -0.2) is 9.82 Å². The highest BCUT2D eigenvalue weighted by Gasteiger charge is 2.11. The van der Waals surface area contributed by atoms with E-state index >= 15 is 0 Å². The lowest BCUT2D eigenvalue weighted by atomic mass is 9.98. The largest absolute Gasteiger partial charge is 0.271 e. The molecule has 0 bridgehead atoms. The normalized spacial score (nSPS) is 10.6. The van der Waals surface area contributed by atoms with Gasteiger partial charge >= 0.3 is 0 Å².